The smallest absolute Gasteiger partial charge is 0.143 e. The molecule has 0 aliphatic carbocycles. The molecule has 0 aliphatic rings. The number of rotatable bonds is 4. The van der Waals surface area contributed by atoms with Crippen LogP contribution < -0.4 is 15.4 Å². The fourth-order valence-corrected chi connectivity index (χ4v) is 1.44. The second kappa shape index (κ2) is 7.85. The molecule has 0 spiro atoms. The molecule has 0 unspecified atom stereocenters. The van der Waals surface area contributed by atoms with Crippen molar-refractivity contribution in [1.82, 2.24) is 0 Å². The second-order valence-electron chi connectivity index (χ2n) is 4.60. The van der Waals surface area contributed by atoms with Crippen LogP contribution in [0.2, 0.25) is 0 Å². The highest BCUT2D eigenvalue weighted by Crippen LogP contribution is 2.31. The maximum Gasteiger partial charge on any atom is 0.143 e. The largest absolute Gasteiger partial charge is 0.489 e. The SMILES string of the molecule is CC.CC(C)Oc1ccc(N)cc1N(C)C(C)C. The Kier molecular flexibility index (Phi) is 7.25. The van der Waals surface area contributed by atoms with Gasteiger partial charge in [-0.15, -0.1) is 0 Å². The van der Waals surface area contributed by atoms with Crippen molar-refractivity contribution in [2.45, 2.75) is 53.7 Å². The lowest BCUT2D eigenvalue weighted by molar-refractivity contribution is 0.243. The summed E-state index contributed by atoms with van der Waals surface area (Å²) in [6, 6.07) is 6.17. The Morgan fingerprint density at radius 1 is 1.11 bits per heavy atom. The Morgan fingerprint density at radius 2 is 1.67 bits per heavy atom. The van der Waals surface area contributed by atoms with Crippen LogP contribution in [0.1, 0.15) is 41.5 Å². The molecule has 0 aromatic heterocycles. The zero-order valence-electron chi connectivity index (χ0n) is 12.8. The Bertz CT molecular complexity index is 348. The van der Waals surface area contributed by atoms with Gasteiger partial charge in [0, 0.05) is 18.8 Å². The molecule has 0 bridgehead atoms. The highest BCUT2D eigenvalue weighted by Gasteiger charge is 2.12. The molecule has 0 heterocycles. The van der Waals surface area contributed by atoms with E-state index in [-0.39, 0.29) is 6.10 Å². The fraction of sp³-hybridized carbons (Fsp3) is 0.600. The van der Waals surface area contributed by atoms with Gasteiger partial charge in [0.15, 0.2) is 0 Å². The van der Waals surface area contributed by atoms with Gasteiger partial charge in [-0.2, -0.15) is 0 Å². The van der Waals surface area contributed by atoms with Gasteiger partial charge in [0.25, 0.3) is 0 Å². The van der Waals surface area contributed by atoms with Gasteiger partial charge in [-0.25, -0.2) is 0 Å². The maximum atomic E-state index is 5.81. The predicted octanol–water partition coefficient (Wildman–Crippen LogP) is 3.93. The van der Waals surface area contributed by atoms with Crippen LogP contribution in [0.4, 0.5) is 11.4 Å². The Labute approximate surface area is 112 Å². The summed E-state index contributed by atoms with van der Waals surface area (Å²) in [4.78, 5) is 2.16. The monoisotopic (exact) mass is 252 g/mol. The van der Waals surface area contributed by atoms with Crippen LogP contribution in [0.15, 0.2) is 18.2 Å². The van der Waals surface area contributed by atoms with Crippen LogP contribution in [0.25, 0.3) is 0 Å². The van der Waals surface area contributed by atoms with Gasteiger partial charge >= 0.3 is 0 Å². The molecule has 0 atom stereocenters. The van der Waals surface area contributed by atoms with E-state index in [9.17, 15) is 0 Å². The predicted molar refractivity (Wildman–Crippen MR) is 81.5 cm³/mol. The molecule has 0 aliphatic heterocycles. The molecule has 0 saturated heterocycles. The first-order valence-corrected chi connectivity index (χ1v) is 6.70. The van der Waals surface area contributed by atoms with Gasteiger partial charge in [-0.05, 0) is 45.9 Å². The summed E-state index contributed by atoms with van der Waals surface area (Å²) in [6.07, 6.45) is 0.169. The summed E-state index contributed by atoms with van der Waals surface area (Å²) in [6.45, 7) is 12.3. The van der Waals surface area contributed by atoms with Crippen LogP contribution >= 0.6 is 0 Å². The number of anilines is 2. The van der Waals surface area contributed by atoms with E-state index in [1.54, 1.807) is 0 Å². The van der Waals surface area contributed by atoms with Gasteiger partial charge < -0.3 is 15.4 Å². The van der Waals surface area contributed by atoms with E-state index >= 15 is 0 Å². The zero-order chi connectivity index (χ0) is 14.3. The standard InChI is InChI=1S/C13H22N2O.C2H6/c1-9(2)15(5)12-8-11(14)6-7-13(12)16-10(3)4;1-2/h6-10H,14H2,1-5H3;1-2H3. The first-order chi connectivity index (χ1) is 8.41. The lowest BCUT2D eigenvalue weighted by Crippen LogP contribution is -2.26. The Balaban J connectivity index is 0.00000137. The number of hydrogen-bond acceptors (Lipinski definition) is 3. The number of benzene rings is 1. The summed E-state index contributed by atoms with van der Waals surface area (Å²) in [5.41, 5.74) is 7.62. The molecule has 1 aromatic rings. The summed E-state index contributed by atoms with van der Waals surface area (Å²) < 4.78 is 5.77. The van der Waals surface area contributed by atoms with Crippen LogP contribution in [-0.2, 0) is 0 Å². The molecule has 3 nitrogen and oxygen atoms in total. The van der Waals surface area contributed by atoms with E-state index in [1.165, 1.54) is 0 Å². The van der Waals surface area contributed by atoms with Gasteiger partial charge in [0.05, 0.1) is 11.8 Å². The molecular weight excluding hydrogens is 224 g/mol. The van der Waals surface area contributed by atoms with Crippen molar-refractivity contribution in [3.05, 3.63) is 18.2 Å². The molecule has 2 N–H and O–H groups in total. The van der Waals surface area contributed by atoms with Crippen LogP contribution in [0.3, 0.4) is 0 Å². The summed E-state index contributed by atoms with van der Waals surface area (Å²) in [7, 11) is 2.05. The lowest BCUT2D eigenvalue weighted by atomic mass is 10.2. The van der Waals surface area contributed by atoms with Crippen molar-refractivity contribution < 1.29 is 4.74 Å². The maximum absolute atomic E-state index is 5.81. The molecule has 18 heavy (non-hydrogen) atoms. The van der Waals surface area contributed by atoms with Gasteiger partial charge in [-0.3, -0.25) is 0 Å². The number of ether oxygens (including phenoxy) is 1. The van der Waals surface area contributed by atoms with E-state index in [0.29, 0.717) is 6.04 Å². The van der Waals surface area contributed by atoms with Crippen LogP contribution in [-0.4, -0.2) is 19.2 Å². The minimum atomic E-state index is 0.169. The summed E-state index contributed by atoms with van der Waals surface area (Å²) >= 11 is 0. The average molecular weight is 252 g/mol. The second-order valence-corrected chi connectivity index (χ2v) is 4.60. The van der Waals surface area contributed by atoms with Crippen LogP contribution in [0, 0.1) is 0 Å². The quantitative estimate of drug-likeness (QED) is 0.825. The van der Waals surface area contributed by atoms with Crippen molar-refractivity contribution >= 4 is 11.4 Å². The van der Waals surface area contributed by atoms with Crippen LogP contribution in [0.5, 0.6) is 5.75 Å². The normalized spacial score (nSPS) is 10.1. The highest BCUT2D eigenvalue weighted by atomic mass is 16.5. The van der Waals surface area contributed by atoms with Gasteiger partial charge in [0.2, 0.25) is 0 Å². The number of nitrogen functional groups attached to an aromatic ring is 1. The molecule has 0 amide bonds. The minimum Gasteiger partial charge on any atom is -0.489 e. The highest BCUT2D eigenvalue weighted by molar-refractivity contribution is 5.65. The molecule has 104 valence electrons. The van der Waals surface area contributed by atoms with Crippen molar-refractivity contribution in [2.24, 2.45) is 0 Å². The van der Waals surface area contributed by atoms with Gasteiger partial charge in [0.1, 0.15) is 5.75 Å². The Morgan fingerprint density at radius 3 is 2.11 bits per heavy atom. The van der Waals surface area contributed by atoms with Crippen molar-refractivity contribution in [3.63, 3.8) is 0 Å². The number of nitrogens with two attached hydrogens (primary N) is 1. The van der Waals surface area contributed by atoms with E-state index in [1.807, 2.05) is 52.9 Å². The number of hydrogen-bond donors (Lipinski definition) is 1. The van der Waals surface area contributed by atoms with Gasteiger partial charge in [-0.1, -0.05) is 13.8 Å². The van der Waals surface area contributed by atoms with Crippen molar-refractivity contribution in [2.75, 3.05) is 17.7 Å². The molecule has 3 heteroatoms. The Hall–Kier alpha value is -1.38. The summed E-state index contributed by atoms with van der Waals surface area (Å²) in [5, 5.41) is 0. The third kappa shape index (κ3) is 4.86. The fourth-order valence-electron chi connectivity index (χ4n) is 1.44. The molecule has 1 rings (SSSR count). The molecule has 0 fully saturated rings. The molecular formula is C15H28N2O. The third-order valence-corrected chi connectivity index (χ3v) is 2.50. The van der Waals surface area contributed by atoms with E-state index in [4.69, 9.17) is 10.5 Å². The van der Waals surface area contributed by atoms with Crippen molar-refractivity contribution in [1.29, 1.82) is 0 Å². The zero-order valence-corrected chi connectivity index (χ0v) is 12.8. The minimum absolute atomic E-state index is 0.169. The first-order valence-electron chi connectivity index (χ1n) is 6.70. The van der Waals surface area contributed by atoms with E-state index in [0.717, 1.165) is 17.1 Å². The summed E-state index contributed by atoms with van der Waals surface area (Å²) in [5.74, 6) is 0.889. The van der Waals surface area contributed by atoms with Crippen molar-refractivity contribution in [3.8, 4) is 5.75 Å². The molecule has 1 aromatic carbocycles. The molecule has 0 saturated carbocycles. The lowest BCUT2D eigenvalue weighted by Gasteiger charge is -2.27. The topological polar surface area (TPSA) is 38.5 Å². The van der Waals surface area contributed by atoms with E-state index < -0.39 is 0 Å². The molecule has 0 radical (unpaired) electrons. The average Bonchev–Trinajstić information content (AvgIpc) is 2.32. The van der Waals surface area contributed by atoms with E-state index in [2.05, 4.69) is 18.7 Å². The third-order valence-electron chi connectivity index (χ3n) is 2.50. The first kappa shape index (κ1) is 16.6. The number of nitrogens with zero attached hydrogens (tertiary/aromatic N) is 1.